The quantitative estimate of drug-likeness (QED) is 0.346. The highest BCUT2D eigenvalue weighted by Gasteiger charge is 2.34. The molecule has 1 fully saturated rings. The summed E-state index contributed by atoms with van der Waals surface area (Å²) in [5, 5.41) is 0.609. The van der Waals surface area contributed by atoms with E-state index in [0.29, 0.717) is 23.4 Å². The third-order valence-corrected chi connectivity index (χ3v) is 8.03. The van der Waals surface area contributed by atoms with Gasteiger partial charge in [-0.25, -0.2) is 4.98 Å². The topological polar surface area (TPSA) is 58.4 Å². The van der Waals surface area contributed by atoms with E-state index in [1.807, 2.05) is 48.5 Å². The van der Waals surface area contributed by atoms with Gasteiger partial charge in [0, 0.05) is 36.1 Å². The monoisotopic (exact) mass is 552 g/mol. The highest BCUT2D eigenvalue weighted by atomic mass is 79.9. The zero-order chi connectivity index (χ0) is 25.8. The maximum Gasteiger partial charge on any atom is 0.266 e. The summed E-state index contributed by atoms with van der Waals surface area (Å²) in [7, 11) is 0. The first-order valence-electron chi connectivity index (χ1n) is 13.2. The highest BCUT2D eigenvalue weighted by molar-refractivity contribution is 9.10. The maximum atomic E-state index is 13.7. The number of amides is 1. The molecule has 0 radical (unpaired) electrons. The molecule has 1 aliphatic heterocycles. The number of carbonyl (C=O) groups is 1. The molecule has 1 saturated heterocycles. The Kier molecular flexibility index (Phi) is 8.62. The van der Waals surface area contributed by atoms with Gasteiger partial charge in [0.15, 0.2) is 0 Å². The standard InChI is InChI=1S/C29H37BrN4O2/c1-5-7-10-22(6-2)28(35)33-18-17-32(19-20(33)3)21(4)27-31-26-12-9-8-11-25(26)29(36)34(27)24-15-13-23(30)14-16-24/h8-9,11-16,20-22H,5-7,10,17-19H2,1-4H3. The van der Waals surface area contributed by atoms with E-state index in [0.717, 1.165) is 54.8 Å². The van der Waals surface area contributed by atoms with E-state index in [4.69, 9.17) is 4.98 Å². The van der Waals surface area contributed by atoms with E-state index < -0.39 is 0 Å². The molecule has 0 N–H and O–H groups in total. The SMILES string of the molecule is CCCCC(CC)C(=O)N1CCN(C(C)c2nc3ccccc3c(=O)n2-c2ccc(Br)cc2)CC1C. The molecule has 1 amide bonds. The van der Waals surface area contributed by atoms with Crippen LogP contribution in [0.2, 0.25) is 0 Å². The van der Waals surface area contributed by atoms with Crippen molar-refractivity contribution in [1.29, 1.82) is 0 Å². The van der Waals surface area contributed by atoms with Crippen molar-refractivity contribution in [3.63, 3.8) is 0 Å². The largest absolute Gasteiger partial charge is 0.337 e. The van der Waals surface area contributed by atoms with Gasteiger partial charge in [-0.05, 0) is 63.1 Å². The lowest BCUT2D eigenvalue weighted by atomic mass is 9.96. The summed E-state index contributed by atoms with van der Waals surface area (Å²) in [4.78, 5) is 36.4. The first-order valence-corrected chi connectivity index (χ1v) is 14.0. The van der Waals surface area contributed by atoms with Crippen LogP contribution in [0.5, 0.6) is 0 Å². The number of fused-ring (bicyclic) bond motifs is 1. The molecule has 6 nitrogen and oxygen atoms in total. The highest BCUT2D eigenvalue weighted by Crippen LogP contribution is 2.27. The Balaban J connectivity index is 1.64. The molecule has 0 aliphatic carbocycles. The number of para-hydroxylation sites is 1. The van der Waals surface area contributed by atoms with Crippen molar-refractivity contribution >= 4 is 32.7 Å². The molecule has 192 valence electrons. The number of hydrogen-bond acceptors (Lipinski definition) is 4. The molecule has 1 aliphatic rings. The number of carbonyl (C=O) groups excluding carboxylic acids is 1. The number of benzene rings is 2. The van der Waals surface area contributed by atoms with E-state index in [2.05, 4.69) is 53.4 Å². The molecule has 0 saturated carbocycles. The minimum absolute atomic E-state index is 0.0617. The number of halogens is 1. The van der Waals surface area contributed by atoms with Crippen molar-refractivity contribution in [3.05, 3.63) is 69.2 Å². The number of unbranched alkanes of at least 4 members (excludes halogenated alkanes) is 1. The summed E-state index contributed by atoms with van der Waals surface area (Å²) in [5.41, 5.74) is 1.45. The first-order chi connectivity index (χ1) is 17.3. The Bertz CT molecular complexity index is 1260. The van der Waals surface area contributed by atoms with E-state index >= 15 is 0 Å². The number of rotatable bonds is 8. The third-order valence-electron chi connectivity index (χ3n) is 7.50. The van der Waals surface area contributed by atoms with Crippen LogP contribution in [0.15, 0.2) is 57.8 Å². The molecule has 36 heavy (non-hydrogen) atoms. The molecule has 1 aromatic heterocycles. The second kappa shape index (κ2) is 11.7. The molecule has 0 bridgehead atoms. The normalized spacial score (nSPS) is 18.4. The number of nitrogens with zero attached hydrogens (tertiary/aromatic N) is 4. The van der Waals surface area contributed by atoms with Crippen molar-refractivity contribution in [2.45, 2.75) is 65.5 Å². The van der Waals surface area contributed by atoms with E-state index in [1.54, 1.807) is 4.57 Å². The van der Waals surface area contributed by atoms with Gasteiger partial charge >= 0.3 is 0 Å². The average Bonchev–Trinajstić information content (AvgIpc) is 2.89. The predicted molar refractivity (Wildman–Crippen MR) is 150 cm³/mol. The maximum absolute atomic E-state index is 13.7. The molecule has 2 aromatic carbocycles. The predicted octanol–water partition coefficient (Wildman–Crippen LogP) is 5.96. The Morgan fingerprint density at radius 1 is 1.11 bits per heavy atom. The first kappa shape index (κ1) is 26.6. The van der Waals surface area contributed by atoms with Crippen LogP contribution in [0, 0.1) is 5.92 Å². The fourth-order valence-electron chi connectivity index (χ4n) is 5.29. The average molecular weight is 554 g/mol. The van der Waals surface area contributed by atoms with Gasteiger partial charge in [0.25, 0.3) is 5.56 Å². The van der Waals surface area contributed by atoms with Gasteiger partial charge in [0.05, 0.1) is 22.6 Å². The van der Waals surface area contributed by atoms with Crippen molar-refractivity contribution in [2.75, 3.05) is 19.6 Å². The summed E-state index contributed by atoms with van der Waals surface area (Å²) in [6.07, 6.45) is 4.07. The van der Waals surface area contributed by atoms with Gasteiger partial charge in [-0.15, -0.1) is 0 Å². The zero-order valence-electron chi connectivity index (χ0n) is 21.8. The smallest absolute Gasteiger partial charge is 0.266 e. The van der Waals surface area contributed by atoms with Gasteiger partial charge in [-0.2, -0.15) is 0 Å². The Morgan fingerprint density at radius 3 is 2.50 bits per heavy atom. The van der Waals surface area contributed by atoms with Crippen LogP contribution in [0.4, 0.5) is 0 Å². The number of hydrogen-bond donors (Lipinski definition) is 0. The van der Waals surface area contributed by atoms with Crippen LogP contribution in [-0.4, -0.2) is 50.9 Å². The summed E-state index contributed by atoms with van der Waals surface area (Å²) < 4.78 is 2.71. The van der Waals surface area contributed by atoms with Gasteiger partial charge in [0.1, 0.15) is 5.82 Å². The van der Waals surface area contributed by atoms with Crippen molar-refractivity contribution in [2.24, 2.45) is 5.92 Å². The van der Waals surface area contributed by atoms with Gasteiger partial charge in [-0.3, -0.25) is 19.1 Å². The van der Waals surface area contributed by atoms with Crippen molar-refractivity contribution in [1.82, 2.24) is 19.4 Å². The van der Waals surface area contributed by atoms with Gasteiger partial charge in [0.2, 0.25) is 5.91 Å². The Hall–Kier alpha value is -2.51. The third kappa shape index (κ3) is 5.42. The molecule has 3 atom stereocenters. The molecule has 3 unspecified atom stereocenters. The van der Waals surface area contributed by atoms with Crippen LogP contribution < -0.4 is 5.56 Å². The summed E-state index contributed by atoms with van der Waals surface area (Å²) in [5.74, 6) is 1.13. The lowest BCUT2D eigenvalue weighted by molar-refractivity contribution is -0.141. The van der Waals surface area contributed by atoms with Crippen molar-refractivity contribution < 1.29 is 4.79 Å². The summed E-state index contributed by atoms with van der Waals surface area (Å²) >= 11 is 3.50. The fourth-order valence-corrected chi connectivity index (χ4v) is 5.55. The zero-order valence-corrected chi connectivity index (χ0v) is 23.4. The van der Waals surface area contributed by atoms with E-state index in [-0.39, 0.29) is 23.6 Å². The molecule has 3 aromatic rings. The molecule has 7 heteroatoms. The van der Waals surface area contributed by atoms with Gasteiger partial charge in [-0.1, -0.05) is 54.8 Å². The van der Waals surface area contributed by atoms with Crippen LogP contribution >= 0.6 is 15.9 Å². The summed E-state index contributed by atoms with van der Waals surface area (Å²) in [6.45, 7) is 10.8. The number of piperazine rings is 1. The van der Waals surface area contributed by atoms with Crippen LogP contribution in [0.3, 0.4) is 0 Å². The summed E-state index contributed by atoms with van der Waals surface area (Å²) in [6, 6.07) is 15.3. The lowest BCUT2D eigenvalue weighted by Crippen LogP contribution is -2.56. The minimum atomic E-state index is -0.0901. The van der Waals surface area contributed by atoms with E-state index in [1.165, 1.54) is 0 Å². The van der Waals surface area contributed by atoms with Crippen molar-refractivity contribution in [3.8, 4) is 5.69 Å². The second-order valence-corrected chi connectivity index (χ2v) is 10.8. The molecule has 0 spiro atoms. The van der Waals surface area contributed by atoms with Crippen LogP contribution in [0.25, 0.3) is 16.6 Å². The van der Waals surface area contributed by atoms with Crippen LogP contribution in [0.1, 0.15) is 65.2 Å². The van der Waals surface area contributed by atoms with Crippen LogP contribution in [-0.2, 0) is 4.79 Å². The lowest BCUT2D eigenvalue weighted by Gasteiger charge is -2.43. The molecule has 4 rings (SSSR count). The Morgan fingerprint density at radius 2 is 1.83 bits per heavy atom. The minimum Gasteiger partial charge on any atom is -0.337 e. The molecule has 2 heterocycles. The number of aromatic nitrogens is 2. The van der Waals surface area contributed by atoms with E-state index in [9.17, 15) is 9.59 Å². The molecular formula is C29H37BrN4O2. The molecular weight excluding hydrogens is 516 g/mol. The Labute approximate surface area is 222 Å². The fraction of sp³-hybridized carbons (Fsp3) is 0.483. The van der Waals surface area contributed by atoms with Gasteiger partial charge < -0.3 is 4.90 Å². The second-order valence-electron chi connectivity index (χ2n) is 9.90.